The van der Waals surface area contributed by atoms with Crippen molar-refractivity contribution in [3.05, 3.63) is 64.7 Å². The van der Waals surface area contributed by atoms with Gasteiger partial charge in [-0.1, -0.05) is 12.1 Å². The van der Waals surface area contributed by atoms with Crippen LogP contribution in [0.1, 0.15) is 51.7 Å². The first-order valence-electron chi connectivity index (χ1n) is 10.7. The minimum atomic E-state index is -2.55. The number of ketones is 1. The van der Waals surface area contributed by atoms with Gasteiger partial charge in [0, 0.05) is 54.9 Å². The summed E-state index contributed by atoms with van der Waals surface area (Å²) < 4.78 is 40.0. The summed E-state index contributed by atoms with van der Waals surface area (Å²) in [6.45, 7) is 0.486. The molecular weight excluding hydrogens is 343 g/mol. The van der Waals surface area contributed by atoms with E-state index >= 15 is 0 Å². The van der Waals surface area contributed by atoms with Gasteiger partial charge in [0.15, 0.2) is 0 Å². The van der Waals surface area contributed by atoms with Crippen LogP contribution in [-0.4, -0.2) is 30.1 Å². The first-order valence-corrected chi connectivity index (χ1v) is 9.22. The van der Waals surface area contributed by atoms with E-state index in [1.54, 1.807) is 12.1 Å². The summed E-state index contributed by atoms with van der Waals surface area (Å²) in [5.74, 6) is -0.379. The molecule has 1 aromatic carbocycles. The molecule has 4 rings (SSSR count). The third-order valence-corrected chi connectivity index (χ3v) is 5.18. The number of rotatable bonds is 8. The fourth-order valence-electron chi connectivity index (χ4n) is 3.62. The van der Waals surface area contributed by atoms with Crippen LogP contribution in [-0.2, 0) is 22.5 Å². The van der Waals surface area contributed by atoms with Crippen molar-refractivity contribution in [2.75, 3.05) is 13.6 Å². The first kappa shape index (κ1) is 14.6. The van der Waals surface area contributed by atoms with Gasteiger partial charge in [0.2, 0.25) is 0 Å². The molecule has 1 aliphatic heterocycles. The number of ether oxygens (including phenoxy) is 1. The second-order valence-corrected chi connectivity index (χ2v) is 7.29. The number of hydrogen-bond donors (Lipinski definition) is 0. The monoisotopic (exact) mass is 369 g/mol. The zero-order valence-corrected chi connectivity index (χ0v) is 15.0. The summed E-state index contributed by atoms with van der Waals surface area (Å²) in [5.41, 5.74) is 4.70. The van der Waals surface area contributed by atoms with E-state index in [1.807, 2.05) is 12.3 Å². The minimum absolute atomic E-state index is 0.0766. The summed E-state index contributed by atoms with van der Waals surface area (Å²) in [4.78, 5) is 21.8. The van der Waals surface area contributed by atoms with E-state index < -0.39 is 18.8 Å². The summed E-state index contributed by atoms with van der Waals surface area (Å²) in [6, 6.07) is 7.64. The summed E-state index contributed by atoms with van der Waals surface area (Å²) in [7, 11) is -2.55. The van der Waals surface area contributed by atoms with Gasteiger partial charge >= 0.3 is 0 Å². The van der Waals surface area contributed by atoms with Crippen molar-refractivity contribution in [1.29, 1.82) is 0 Å². The van der Waals surface area contributed by atoms with Crippen molar-refractivity contribution in [3.8, 4) is 0 Å². The number of halogens is 1. The quantitative estimate of drug-likeness (QED) is 0.710. The number of aliphatic imine (C=N–C) groups is 1. The lowest BCUT2D eigenvalue weighted by molar-refractivity contribution is -0.119. The van der Waals surface area contributed by atoms with Gasteiger partial charge in [0.1, 0.15) is 11.6 Å². The van der Waals surface area contributed by atoms with Crippen LogP contribution in [0.15, 0.2) is 41.5 Å². The third kappa shape index (κ3) is 4.14. The number of pyridine rings is 1. The molecule has 1 aromatic heterocycles. The molecule has 0 amide bonds. The number of fused-ring (bicyclic) bond motifs is 1. The van der Waals surface area contributed by atoms with Crippen LogP contribution < -0.4 is 0 Å². The van der Waals surface area contributed by atoms with Crippen molar-refractivity contribution in [1.82, 2.24) is 4.98 Å². The number of carbonyl (C=O) groups excluding carboxylic acids is 1. The van der Waals surface area contributed by atoms with Crippen molar-refractivity contribution in [2.24, 2.45) is 10.9 Å². The smallest absolute Gasteiger partial charge is 0.139 e. The molecular formula is C22H23FN2O2. The molecule has 0 unspecified atom stereocenters. The lowest BCUT2D eigenvalue weighted by Gasteiger charge is -2.16. The lowest BCUT2D eigenvalue weighted by atomic mass is 9.93. The van der Waals surface area contributed by atoms with E-state index in [1.165, 1.54) is 25.0 Å². The molecule has 0 saturated heterocycles. The Morgan fingerprint density at radius 1 is 1.37 bits per heavy atom. The van der Waals surface area contributed by atoms with E-state index in [4.69, 9.17) is 8.85 Å². The van der Waals surface area contributed by atoms with Crippen LogP contribution in [0, 0.1) is 11.7 Å². The number of benzene rings is 1. The molecule has 0 bridgehead atoms. The molecule has 27 heavy (non-hydrogen) atoms. The van der Waals surface area contributed by atoms with Crippen molar-refractivity contribution in [2.45, 2.75) is 38.1 Å². The van der Waals surface area contributed by atoms with Gasteiger partial charge in [-0.2, -0.15) is 0 Å². The van der Waals surface area contributed by atoms with E-state index in [9.17, 15) is 9.18 Å². The molecule has 1 aliphatic carbocycles. The van der Waals surface area contributed by atoms with Gasteiger partial charge in [0.05, 0.1) is 17.3 Å². The Bertz CT molecular complexity index is 969. The van der Waals surface area contributed by atoms with Crippen LogP contribution >= 0.6 is 0 Å². The standard InChI is InChI=1S/C22H23FN2O2/c1-27-13-17(14-4-6-18(23)7-5-14)9-20(26)10-19-8-16-11-25-22(15-2-3-15)21(16)12-24-19/h4-8,12,15,17H,2-3,9-11,13H2,1H3/t17-/m1/s1/i1D3. The highest BCUT2D eigenvalue weighted by molar-refractivity contribution is 6.06. The Labute approximate surface area is 162 Å². The molecule has 2 aliphatic rings. The first-order chi connectivity index (χ1) is 14.3. The van der Waals surface area contributed by atoms with Crippen molar-refractivity contribution in [3.63, 3.8) is 0 Å². The molecule has 140 valence electrons. The Morgan fingerprint density at radius 2 is 2.19 bits per heavy atom. The molecule has 1 atom stereocenters. The Hall–Kier alpha value is -2.40. The van der Waals surface area contributed by atoms with E-state index in [-0.39, 0.29) is 25.2 Å². The SMILES string of the molecule is [2H]C([2H])([2H])OC[C@@H](CC(=O)Cc1cc2c(cn1)C(C1CC1)=NC2)c1ccc(F)cc1. The number of hydrogen-bond acceptors (Lipinski definition) is 4. The highest BCUT2D eigenvalue weighted by Gasteiger charge is 2.32. The fourth-order valence-corrected chi connectivity index (χ4v) is 3.62. The highest BCUT2D eigenvalue weighted by Crippen LogP contribution is 2.37. The van der Waals surface area contributed by atoms with E-state index in [0.717, 1.165) is 16.8 Å². The molecule has 4 nitrogen and oxygen atoms in total. The predicted molar refractivity (Wildman–Crippen MR) is 102 cm³/mol. The van der Waals surface area contributed by atoms with E-state index in [2.05, 4.69) is 9.98 Å². The molecule has 5 heteroatoms. The average Bonchev–Trinajstić information content (AvgIpc) is 3.44. The minimum Gasteiger partial charge on any atom is -0.384 e. The van der Waals surface area contributed by atoms with Gasteiger partial charge < -0.3 is 4.74 Å². The molecule has 0 N–H and O–H groups in total. The molecule has 1 fully saturated rings. The van der Waals surface area contributed by atoms with Crippen LogP contribution in [0.3, 0.4) is 0 Å². The molecule has 0 radical (unpaired) electrons. The Balaban J connectivity index is 1.42. The second kappa shape index (κ2) is 7.69. The summed E-state index contributed by atoms with van der Waals surface area (Å²) >= 11 is 0. The zero-order chi connectivity index (χ0) is 21.3. The molecule has 2 heterocycles. The topological polar surface area (TPSA) is 51.5 Å². The normalized spacial score (nSPS) is 18.9. The highest BCUT2D eigenvalue weighted by atomic mass is 19.1. The fraction of sp³-hybridized carbons (Fsp3) is 0.409. The number of methoxy groups -OCH3 is 1. The molecule has 2 aromatic rings. The van der Waals surface area contributed by atoms with Crippen LogP contribution in [0.25, 0.3) is 0 Å². The maximum absolute atomic E-state index is 13.3. The maximum atomic E-state index is 13.3. The number of carbonyl (C=O) groups is 1. The van der Waals surface area contributed by atoms with Crippen LogP contribution in [0.2, 0.25) is 0 Å². The van der Waals surface area contributed by atoms with Gasteiger partial charge in [0.25, 0.3) is 0 Å². The largest absolute Gasteiger partial charge is 0.384 e. The van der Waals surface area contributed by atoms with Gasteiger partial charge in [-0.25, -0.2) is 4.39 Å². The van der Waals surface area contributed by atoms with Crippen molar-refractivity contribution >= 4 is 11.5 Å². The van der Waals surface area contributed by atoms with Crippen molar-refractivity contribution < 1.29 is 18.0 Å². The van der Waals surface area contributed by atoms with Gasteiger partial charge in [-0.15, -0.1) is 0 Å². The van der Waals surface area contributed by atoms with E-state index in [0.29, 0.717) is 23.7 Å². The maximum Gasteiger partial charge on any atom is 0.139 e. The Kier molecular flexibility index (Phi) is 4.17. The summed E-state index contributed by atoms with van der Waals surface area (Å²) in [6.07, 6.45) is 4.42. The van der Waals surface area contributed by atoms with Gasteiger partial charge in [-0.3, -0.25) is 14.8 Å². The number of Topliss-reactive ketones (excluding diaryl/α,β-unsaturated/α-hetero) is 1. The zero-order valence-electron chi connectivity index (χ0n) is 18.0. The summed E-state index contributed by atoms with van der Waals surface area (Å²) in [5, 5.41) is 0. The lowest BCUT2D eigenvalue weighted by Crippen LogP contribution is -2.15. The predicted octanol–water partition coefficient (Wildman–Crippen LogP) is 3.87. The third-order valence-electron chi connectivity index (χ3n) is 5.18. The average molecular weight is 369 g/mol. The Morgan fingerprint density at radius 3 is 2.93 bits per heavy atom. The number of nitrogens with zero attached hydrogens (tertiary/aromatic N) is 2. The molecule has 0 spiro atoms. The van der Waals surface area contributed by atoms with Crippen LogP contribution in [0.4, 0.5) is 4.39 Å². The number of aromatic nitrogens is 1. The van der Waals surface area contributed by atoms with Crippen LogP contribution in [0.5, 0.6) is 0 Å². The molecule has 1 saturated carbocycles. The second-order valence-electron chi connectivity index (χ2n) is 7.29. The van der Waals surface area contributed by atoms with Gasteiger partial charge in [-0.05, 0) is 42.2 Å².